The molecule has 0 spiro atoms. The Bertz CT molecular complexity index is 3790. The van der Waals surface area contributed by atoms with E-state index in [2.05, 4.69) is 231 Å². The molecule has 9 aromatic carbocycles. The Labute approximate surface area is 453 Å². The van der Waals surface area contributed by atoms with Gasteiger partial charge in [-0.3, -0.25) is 0 Å². The van der Waals surface area contributed by atoms with Crippen LogP contribution >= 0.6 is 0 Å². The Morgan fingerprint density at radius 3 is 0.538 bits per heavy atom. The lowest BCUT2D eigenvalue weighted by molar-refractivity contribution is 1.18. The van der Waals surface area contributed by atoms with Gasteiger partial charge in [0.15, 0.2) is 11.6 Å². The van der Waals surface area contributed by atoms with Crippen LogP contribution in [0.1, 0.15) is 0 Å². The van der Waals surface area contributed by atoms with Crippen LogP contribution in [0, 0.1) is 0 Å². The largest absolute Gasteiger partial charge is 0.248 e. The number of nitrogens with zero attached hydrogens (tertiary/aromatic N) is 6. The van der Waals surface area contributed by atoms with Crippen LogP contribution in [0.4, 0.5) is 0 Å². The summed E-state index contributed by atoms with van der Waals surface area (Å²) >= 11 is 0. The van der Waals surface area contributed by atoms with E-state index < -0.39 is 0 Å². The van der Waals surface area contributed by atoms with Crippen molar-refractivity contribution in [1.29, 1.82) is 0 Å². The molecule has 0 bridgehead atoms. The van der Waals surface area contributed by atoms with E-state index >= 15 is 0 Å². The fourth-order valence-electron chi connectivity index (χ4n) is 9.82. The zero-order chi connectivity index (χ0) is 52.0. The predicted molar refractivity (Wildman–Crippen MR) is 318 cm³/mol. The van der Waals surface area contributed by atoms with Crippen molar-refractivity contribution in [2.75, 3.05) is 0 Å². The third-order valence-corrected chi connectivity index (χ3v) is 13.9. The van der Waals surface area contributed by atoms with Crippen molar-refractivity contribution in [1.82, 2.24) is 29.9 Å². The molecule has 0 amide bonds. The zero-order valence-corrected chi connectivity index (χ0v) is 42.4. The van der Waals surface area contributed by atoms with Gasteiger partial charge in [-0.15, -0.1) is 0 Å². The lowest BCUT2D eigenvalue weighted by atomic mass is 9.98. The summed E-state index contributed by atoms with van der Waals surface area (Å²) in [7, 11) is 0. The highest BCUT2D eigenvalue weighted by molar-refractivity contribution is 5.82. The van der Waals surface area contributed by atoms with E-state index in [-0.39, 0.29) is 0 Å². The van der Waals surface area contributed by atoms with Gasteiger partial charge in [0.25, 0.3) is 0 Å². The van der Waals surface area contributed by atoms with Gasteiger partial charge in [-0.2, -0.15) is 0 Å². The first-order valence-electron chi connectivity index (χ1n) is 26.1. The quantitative estimate of drug-likeness (QED) is 0.121. The zero-order valence-electron chi connectivity index (χ0n) is 42.4. The van der Waals surface area contributed by atoms with E-state index in [4.69, 9.17) is 29.9 Å². The first kappa shape index (κ1) is 47.2. The summed E-state index contributed by atoms with van der Waals surface area (Å²) in [5.41, 5.74) is 21.4. The molecule has 6 heteroatoms. The van der Waals surface area contributed by atoms with Crippen LogP contribution in [0.2, 0.25) is 0 Å². The predicted octanol–water partition coefficient (Wildman–Crippen LogP) is 18.1. The topological polar surface area (TPSA) is 77.3 Å². The fraction of sp³-hybridized carbons (Fsp3) is 0. The molecule has 0 aliphatic carbocycles. The number of benzene rings is 9. The smallest absolute Gasteiger partial charge is 0.160 e. The van der Waals surface area contributed by atoms with Gasteiger partial charge in [-0.05, 0) is 58.7 Å². The minimum atomic E-state index is 0.654. The standard InChI is InChI=1S/C72H48N6/c1-7-19-51(20-8-1)63-43-61(44-64(73-63)52-21-9-2-10-22-52)49-31-35-55(36-32-49)67-47-69(77-71(75-67)59-27-15-5-16-28-59)57-39-41-58(42-40-57)70-48-68(76-72(78-70)60-29-17-6-18-30-60)56-37-33-50(34-38-56)62-45-65(53-23-11-3-12-24-53)74-66(46-62)54-25-13-4-14-26-54/h1-48H. The molecular weight excluding hydrogens is 949 g/mol. The van der Waals surface area contributed by atoms with Crippen molar-refractivity contribution in [3.8, 4) is 135 Å². The first-order valence-corrected chi connectivity index (χ1v) is 26.1. The maximum absolute atomic E-state index is 5.17. The third-order valence-electron chi connectivity index (χ3n) is 13.9. The normalized spacial score (nSPS) is 11.1. The van der Waals surface area contributed by atoms with Crippen LogP contribution in [0.25, 0.3) is 135 Å². The van der Waals surface area contributed by atoms with E-state index in [0.29, 0.717) is 11.6 Å². The second kappa shape index (κ2) is 21.4. The molecule has 4 heterocycles. The molecule has 0 N–H and O–H groups in total. The van der Waals surface area contributed by atoms with Gasteiger partial charge >= 0.3 is 0 Å². The van der Waals surface area contributed by atoms with Crippen molar-refractivity contribution in [2.24, 2.45) is 0 Å². The van der Waals surface area contributed by atoms with Crippen molar-refractivity contribution in [3.05, 3.63) is 291 Å². The monoisotopic (exact) mass is 996 g/mol. The Kier molecular flexibility index (Phi) is 12.9. The van der Waals surface area contributed by atoms with E-state index in [1.165, 1.54) is 0 Å². The molecule has 0 saturated carbocycles. The molecule has 0 fully saturated rings. The Morgan fingerprint density at radius 1 is 0.128 bits per heavy atom. The van der Waals surface area contributed by atoms with Crippen LogP contribution in [-0.4, -0.2) is 29.9 Å². The third kappa shape index (κ3) is 10.2. The Morgan fingerprint density at radius 2 is 0.308 bits per heavy atom. The number of pyridine rings is 2. The summed E-state index contributed by atoms with van der Waals surface area (Å²) in [4.78, 5) is 30.9. The molecule has 0 unspecified atom stereocenters. The molecule has 4 aromatic heterocycles. The Hall–Kier alpha value is -10.6. The fourth-order valence-corrected chi connectivity index (χ4v) is 9.82. The van der Waals surface area contributed by atoms with Crippen LogP contribution in [0.3, 0.4) is 0 Å². The van der Waals surface area contributed by atoms with Crippen molar-refractivity contribution in [3.63, 3.8) is 0 Å². The molecule has 0 radical (unpaired) electrons. The van der Waals surface area contributed by atoms with Crippen LogP contribution in [0.5, 0.6) is 0 Å². The van der Waals surface area contributed by atoms with Crippen molar-refractivity contribution in [2.45, 2.75) is 0 Å². The summed E-state index contributed by atoms with van der Waals surface area (Å²) < 4.78 is 0. The minimum absolute atomic E-state index is 0.654. The van der Waals surface area contributed by atoms with E-state index in [0.717, 1.165) is 123 Å². The molecule has 6 nitrogen and oxygen atoms in total. The van der Waals surface area contributed by atoms with E-state index in [1.807, 2.05) is 60.7 Å². The van der Waals surface area contributed by atoms with Gasteiger partial charge in [0, 0.05) is 55.6 Å². The number of aromatic nitrogens is 6. The first-order chi connectivity index (χ1) is 38.6. The minimum Gasteiger partial charge on any atom is -0.248 e. The molecule has 0 atom stereocenters. The lowest BCUT2D eigenvalue weighted by Crippen LogP contribution is -1.97. The van der Waals surface area contributed by atoms with Gasteiger partial charge in [-0.25, -0.2) is 29.9 Å². The van der Waals surface area contributed by atoms with Crippen LogP contribution in [-0.2, 0) is 0 Å². The van der Waals surface area contributed by atoms with E-state index in [1.54, 1.807) is 0 Å². The maximum Gasteiger partial charge on any atom is 0.160 e. The summed E-state index contributed by atoms with van der Waals surface area (Å²) in [6, 6.07) is 100. The van der Waals surface area contributed by atoms with Crippen LogP contribution < -0.4 is 0 Å². The lowest BCUT2D eigenvalue weighted by Gasteiger charge is -2.13. The van der Waals surface area contributed by atoms with Gasteiger partial charge in [0.05, 0.1) is 45.6 Å². The van der Waals surface area contributed by atoms with Gasteiger partial charge in [0.1, 0.15) is 0 Å². The molecule has 78 heavy (non-hydrogen) atoms. The highest BCUT2D eigenvalue weighted by Crippen LogP contribution is 2.36. The highest BCUT2D eigenvalue weighted by atomic mass is 14.9. The summed E-state index contributed by atoms with van der Waals surface area (Å²) in [6.07, 6.45) is 0. The second-order valence-electron chi connectivity index (χ2n) is 19.1. The molecule has 0 aliphatic heterocycles. The molecule has 366 valence electrons. The SMILES string of the molecule is c1ccc(-c2cc(-c3ccc(-c4cc(-c5ccc(-c6cc(-c7ccc(-c8cc(-c9ccccc9)nc(-c9ccccc9)c8)cc7)nc(-c7ccccc7)n6)cc5)nc(-c5ccccc5)n4)cc3)cc(-c3ccccc3)n2)cc1. The molecule has 0 aliphatic rings. The summed E-state index contributed by atoms with van der Waals surface area (Å²) in [5.74, 6) is 1.31. The Balaban J connectivity index is 0.833. The average molecular weight is 997 g/mol. The average Bonchev–Trinajstić information content (AvgIpc) is 3.54. The van der Waals surface area contributed by atoms with Gasteiger partial charge in [-0.1, -0.05) is 255 Å². The van der Waals surface area contributed by atoms with Crippen molar-refractivity contribution >= 4 is 0 Å². The highest BCUT2D eigenvalue weighted by Gasteiger charge is 2.16. The van der Waals surface area contributed by atoms with Crippen molar-refractivity contribution < 1.29 is 0 Å². The molecule has 13 rings (SSSR count). The second-order valence-corrected chi connectivity index (χ2v) is 19.1. The summed E-state index contributed by atoms with van der Waals surface area (Å²) in [5, 5.41) is 0. The van der Waals surface area contributed by atoms with E-state index in [9.17, 15) is 0 Å². The number of hydrogen-bond donors (Lipinski definition) is 0. The number of rotatable bonds is 12. The molecule has 0 saturated heterocycles. The van der Waals surface area contributed by atoms with Gasteiger partial charge < -0.3 is 0 Å². The van der Waals surface area contributed by atoms with Gasteiger partial charge in [0.2, 0.25) is 0 Å². The maximum atomic E-state index is 5.17. The number of hydrogen-bond acceptors (Lipinski definition) is 6. The summed E-state index contributed by atoms with van der Waals surface area (Å²) in [6.45, 7) is 0. The molecule has 13 aromatic rings. The molecular formula is C72H48N6. The van der Waals surface area contributed by atoms with Crippen LogP contribution in [0.15, 0.2) is 291 Å².